The molecule has 0 fully saturated rings. The highest BCUT2D eigenvalue weighted by atomic mass is 35.5. The van der Waals surface area contributed by atoms with E-state index in [1.54, 1.807) is 6.92 Å². The molecule has 1 rings (SSSR count). The standard InChI is InChI=1S/C11H13Cl2NO3S/c1-3-5(2)8(11(16)17)14-10(15)6-4-7(12)18-9(6)13/h4-5,8H,3H2,1-2H3,(H,14,15)(H,16,17). The summed E-state index contributed by atoms with van der Waals surface area (Å²) in [5.74, 6) is -1.75. The van der Waals surface area contributed by atoms with Crippen LogP contribution in [0, 0.1) is 5.92 Å². The first kappa shape index (κ1) is 15.3. The number of nitrogens with one attached hydrogen (secondary N) is 1. The molecule has 1 amide bonds. The van der Waals surface area contributed by atoms with Crippen LogP contribution in [-0.2, 0) is 4.79 Å². The molecule has 0 aliphatic carbocycles. The van der Waals surface area contributed by atoms with E-state index >= 15 is 0 Å². The van der Waals surface area contributed by atoms with Crippen LogP contribution in [0.15, 0.2) is 6.07 Å². The van der Waals surface area contributed by atoms with Crippen molar-refractivity contribution in [3.05, 3.63) is 20.3 Å². The van der Waals surface area contributed by atoms with Gasteiger partial charge in [0.25, 0.3) is 5.91 Å². The van der Waals surface area contributed by atoms with Crippen molar-refractivity contribution in [1.82, 2.24) is 5.32 Å². The van der Waals surface area contributed by atoms with Crippen molar-refractivity contribution in [2.45, 2.75) is 26.3 Å². The van der Waals surface area contributed by atoms with Gasteiger partial charge in [-0.3, -0.25) is 4.79 Å². The minimum Gasteiger partial charge on any atom is -0.480 e. The summed E-state index contributed by atoms with van der Waals surface area (Å²) < 4.78 is 0.645. The second kappa shape index (κ2) is 6.41. The molecule has 0 saturated heterocycles. The topological polar surface area (TPSA) is 66.4 Å². The molecule has 1 aromatic heterocycles. The lowest BCUT2D eigenvalue weighted by Crippen LogP contribution is -2.44. The average molecular weight is 310 g/mol. The molecule has 1 aromatic rings. The largest absolute Gasteiger partial charge is 0.480 e. The van der Waals surface area contributed by atoms with Crippen LogP contribution in [0.2, 0.25) is 8.67 Å². The van der Waals surface area contributed by atoms with Gasteiger partial charge in [0.1, 0.15) is 10.4 Å². The molecular weight excluding hydrogens is 297 g/mol. The van der Waals surface area contributed by atoms with Crippen molar-refractivity contribution in [3.8, 4) is 0 Å². The Morgan fingerprint density at radius 1 is 1.50 bits per heavy atom. The molecule has 18 heavy (non-hydrogen) atoms. The molecular formula is C11H13Cl2NO3S. The second-order valence-corrected chi connectivity index (χ2v) is 6.20. The number of thiophene rings is 1. The van der Waals surface area contributed by atoms with Gasteiger partial charge in [-0.2, -0.15) is 0 Å². The van der Waals surface area contributed by atoms with Gasteiger partial charge in [-0.25, -0.2) is 4.79 Å². The Hall–Kier alpha value is -0.780. The van der Waals surface area contributed by atoms with Crippen LogP contribution in [-0.4, -0.2) is 23.0 Å². The van der Waals surface area contributed by atoms with Crippen molar-refractivity contribution in [2.24, 2.45) is 5.92 Å². The first-order valence-electron chi connectivity index (χ1n) is 5.35. The Labute approximate surface area is 119 Å². The number of carbonyl (C=O) groups is 2. The first-order valence-corrected chi connectivity index (χ1v) is 6.92. The minimum absolute atomic E-state index is 0.167. The van der Waals surface area contributed by atoms with E-state index in [2.05, 4.69) is 5.32 Å². The van der Waals surface area contributed by atoms with Crippen molar-refractivity contribution in [1.29, 1.82) is 0 Å². The lowest BCUT2D eigenvalue weighted by atomic mass is 9.99. The smallest absolute Gasteiger partial charge is 0.326 e. The van der Waals surface area contributed by atoms with Crippen LogP contribution in [0.4, 0.5) is 0 Å². The molecule has 0 saturated carbocycles. The van der Waals surface area contributed by atoms with E-state index in [-0.39, 0.29) is 15.8 Å². The van der Waals surface area contributed by atoms with Crippen LogP contribution < -0.4 is 5.32 Å². The van der Waals surface area contributed by atoms with E-state index in [4.69, 9.17) is 28.3 Å². The molecule has 2 atom stereocenters. The molecule has 7 heteroatoms. The Bertz CT molecular complexity index is 461. The third-order valence-electron chi connectivity index (χ3n) is 2.67. The third-order valence-corrected chi connectivity index (χ3v) is 4.15. The number of amides is 1. The van der Waals surface area contributed by atoms with Gasteiger partial charge in [0.05, 0.1) is 9.90 Å². The summed E-state index contributed by atoms with van der Waals surface area (Å²) in [6, 6.07) is 0.497. The van der Waals surface area contributed by atoms with Gasteiger partial charge in [-0.05, 0) is 12.0 Å². The summed E-state index contributed by atoms with van der Waals surface area (Å²) in [5, 5.41) is 11.5. The van der Waals surface area contributed by atoms with E-state index in [0.717, 1.165) is 11.3 Å². The number of rotatable bonds is 5. The summed E-state index contributed by atoms with van der Waals surface area (Å²) in [6.07, 6.45) is 0.648. The second-order valence-electron chi connectivity index (χ2n) is 3.91. The zero-order chi connectivity index (χ0) is 13.9. The fourth-order valence-electron chi connectivity index (χ4n) is 1.40. The van der Waals surface area contributed by atoms with Gasteiger partial charge >= 0.3 is 5.97 Å². The highest BCUT2D eigenvalue weighted by molar-refractivity contribution is 7.20. The van der Waals surface area contributed by atoms with E-state index in [9.17, 15) is 9.59 Å². The Morgan fingerprint density at radius 3 is 2.50 bits per heavy atom. The molecule has 4 nitrogen and oxygen atoms in total. The molecule has 100 valence electrons. The van der Waals surface area contributed by atoms with Gasteiger partial charge in [0.2, 0.25) is 0 Å². The molecule has 1 heterocycles. The minimum atomic E-state index is -1.06. The fraction of sp³-hybridized carbons (Fsp3) is 0.455. The third kappa shape index (κ3) is 3.60. The van der Waals surface area contributed by atoms with Crippen LogP contribution in [0.5, 0.6) is 0 Å². The van der Waals surface area contributed by atoms with E-state index < -0.39 is 17.9 Å². The predicted molar refractivity (Wildman–Crippen MR) is 72.7 cm³/mol. The lowest BCUT2D eigenvalue weighted by Gasteiger charge is -2.19. The number of hydrogen-bond acceptors (Lipinski definition) is 3. The summed E-state index contributed by atoms with van der Waals surface area (Å²) in [6.45, 7) is 3.63. The number of carbonyl (C=O) groups excluding carboxylic acids is 1. The van der Waals surface area contributed by atoms with Gasteiger partial charge in [0.15, 0.2) is 0 Å². The summed E-state index contributed by atoms with van der Waals surface area (Å²) >= 11 is 12.6. The monoisotopic (exact) mass is 309 g/mol. The Morgan fingerprint density at radius 2 is 2.11 bits per heavy atom. The number of aliphatic carboxylic acids is 1. The van der Waals surface area contributed by atoms with Crippen LogP contribution in [0.25, 0.3) is 0 Å². The molecule has 0 aliphatic heterocycles. The predicted octanol–water partition coefficient (Wildman–Crippen LogP) is 3.28. The number of carboxylic acids is 1. The maximum atomic E-state index is 11.9. The highest BCUT2D eigenvalue weighted by Crippen LogP contribution is 2.31. The van der Waals surface area contributed by atoms with Crippen molar-refractivity contribution >= 4 is 46.4 Å². The first-order chi connectivity index (χ1) is 8.36. The number of hydrogen-bond donors (Lipinski definition) is 2. The zero-order valence-corrected chi connectivity index (χ0v) is 12.2. The molecule has 2 unspecified atom stereocenters. The SMILES string of the molecule is CCC(C)C(NC(=O)c1cc(Cl)sc1Cl)C(=O)O. The van der Waals surface area contributed by atoms with Crippen molar-refractivity contribution in [3.63, 3.8) is 0 Å². The van der Waals surface area contributed by atoms with E-state index in [1.165, 1.54) is 6.07 Å². The normalized spacial score (nSPS) is 14.0. The fourth-order valence-corrected chi connectivity index (χ4v) is 2.86. The van der Waals surface area contributed by atoms with Crippen LogP contribution >= 0.6 is 34.5 Å². The molecule has 0 radical (unpaired) electrons. The van der Waals surface area contributed by atoms with Crippen molar-refractivity contribution < 1.29 is 14.7 Å². The van der Waals surface area contributed by atoms with Gasteiger partial charge in [0, 0.05) is 0 Å². The number of carboxylic acid groups (broad SMARTS) is 1. The van der Waals surface area contributed by atoms with E-state index in [0.29, 0.717) is 10.8 Å². The Balaban J connectivity index is 2.85. The average Bonchev–Trinajstić information content (AvgIpc) is 2.63. The van der Waals surface area contributed by atoms with Gasteiger partial charge < -0.3 is 10.4 Å². The molecule has 0 bridgehead atoms. The molecule has 2 N–H and O–H groups in total. The van der Waals surface area contributed by atoms with Gasteiger partial charge in [-0.15, -0.1) is 11.3 Å². The van der Waals surface area contributed by atoms with Gasteiger partial charge in [-0.1, -0.05) is 43.5 Å². The Kier molecular flexibility index (Phi) is 5.44. The quantitative estimate of drug-likeness (QED) is 0.877. The summed E-state index contributed by atoms with van der Waals surface area (Å²) in [4.78, 5) is 23.0. The van der Waals surface area contributed by atoms with E-state index in [1.807, 2.05) is 6.92 Å². The molecule has 0 spiro atoms. The zero-order valence-electron chi connectivity index (χ0n) is 9.87. The molecule has 0 aliphatic rings. The maximum Gasteiger partial charge on any atom is 0.326 e. The van der Waals surface area contributed by atoms with Crippen LogP contribution in [0.3, 0.4) is 0 Å². The van der Waals surface area contributed by atoms with Crippen LogP contribution in [0.1, 0.15) is 30.6 Å². The highest BCUT2D eigenvalue weighted by Gasteiger charge is 2.27. The maximum absolute atomic E-state index is 11.9. The number of halogens is 2. The molecule has 0 aromatic carbocycles. The lowest BCUT2D eigenvalue weighted by molar-refractivity contribution is -0.140. The summed E-state index contributed by atoms with van der Waals surface area (Å²) in [5.41, 5.74) is 0.209. The van der Waals surface area contributed by atoms with Crippen molar-refractivity contribution in [2.75, 3.05) is 0 Å². The summed E-state index contributed by atoms with van der Waals surface area (Å²) in [7, 11) is 0.